The zero-order chi connectivity index (χ0) is 22.7. The number of amides is 2. The summed E-state index contributed by atoms with van der Waals surface area (Å²) in [5, 5.41) is 5.92. The van der Waals surface area contributed by atoms with Crippen molar-refractivity contribution in [1.82, 2.24) is 24.8 Å². The molecule has 2 aliphatic rings. The molecular formula is C21H26N6O4. The number of aromatic nitrogens is 3. The van der Waals surface area contributed by atoms with Crippen molar-refractivity contribution in [2.75, 3.05) is 5.32 Å². The fourth-order valence-corrected chi connectivity index (χ4v) is 3.91. The highest BCUT2D eigenvalue weighted by Crippen LogP contribution is 2.30. The Bertz CT molecular complexity index is 1160. The van der Waals surface area contributed by atoms with Gasteiger partial charge in [-0.2, -0.15) is 0 Å². The Labute approximate surface area is 179 Å². The number of pyridine rings is 1. The summed E-state index contributed by atoms with van der Waals surface area (Å²) in [7, 11) is 0. The maximum absolute atomic E-state index is 13.2. The van der Waals surface area contributed by atoms with Gasteiger partial charge in [0.05, 0.1) is 18.8 Å². The predicted octanol–water partition coefficient (Wildman–Crippen LogP) is 2.38. The number of hydrogen-bond donors (Lipinski definition) is 2. The summed E-state index contributed by atoms with van der Waals surface area (Å²) >= 11 is 0. The SMILES string of the molecule is Cc1cc(Nc2ncnc3c2CN(C(=O)OC(C)(C)C)C3)c(=O)n2c1C(=O)NC2(C)C. The van der Waals surface area contributed by atoms with Gasteiger partial charge in [-0.25, -0.2) is 14.8 Å². The number of rotatable bonds is 2. The number of fused-ring (bicyclic) bond motifs is 2. The summed E-state index contributed by atoms with van der Waals surface area (Å²) in [5.41, 5.74) is 0.958. The molecule has 0 spiro atoms. The highest BCUT2D eigenvalue weighted by atomic mass is 16.6. The number of carbonyl (C=O) groups is 2. The van der Waals surface area contributed by atoms with E-state index in [0.29, 0.717) is 35.0 Å². The second-order valence-corrected chi connectivity index (χ2v) is 9.35. The molecule has 10 nitrogen and oxygen atoms in total. The summed E-state index contributed by atoms with van der Waals surface area (Å²) in [4.78, 5) is 48.1. The van der Waals surface area contributed by atoms with E-state index < -0.39 is 17.4 Å². The van der Waals surface area contributed by atoms with Crippen molar-refractivity contribution in [2.24, 2.45) is 0 Å². The van der Waals surface area contributed by atoms with Crippen molar-refractivity contribution in [3.63, 3.8) is 0 Å². The predicted molar refractivity (Wildman–Crippen MR) is 113 cm³/mol. The van der Waals surface area contributed by atoms with Crippen molar-refractivity contribution >= 4 is 23.5 Å². The zero-order valence-corrected chi connectivity index (χ0v) is 18.5. The summed E-state index contributed by atoms with van der Waals surface area (Å²) in [6.45, 7) is 11.3. The van der Waals surface area contributed by atoms with Crippen molar-refractivity contribution in [2.45, 2.75) is 65.9 Å². The van der Waals surface area contributed by atoms with E-state index in [-0.39, 0.29) is 18.0 Å². The quantitative estimate of drug-likeness (QED) is 0.757. The van der Waals surface area contributed by atoms with Gasteiger partial charge in [0.2, 0.25) is 0 Å². The van der Waals surface area contributed by atoms with Crippen molar-refractivity contribution in [3.05, 3.63) is 45.3 Å². The Morgan fingerprint density at radius 1 is 1.23 bits per heavy atom. The molecule has 164 valence electrons. The van der Waals surface area contributed by atoms with Crippen LogP contribution in [0.25, 0.3) is 0 Å². The number of hydrogen-bond acceptors (Lipinski definition) is 7. The molecule has 0 aromatic carbocycles. The third kappa shape index (κ3) is 3.62. The third-order valence-corrected chi connectivity index (χ3v) is 5.21. The minimum Gasteiger partial charge on any atom is -0.444 e. The van der Waals surface area contributed by atoms with Gasteiger partial charge < -0.3 is 15.4 Å². The molecule has 31 heavy (non-hydrogen) atoms. The Balaban J connectivity index is 1.67. The van der Waals surface area contributed by atoms with Crippen LogP contribution in [0.1, 0.15) is 61.9 Å². The maximum atomic E-state index is 13.2. The Morgan fingerprint density at radius 3 is 2.61 bits per heavy atom. The van der Waals surface area contributed by atoms with Crippen LogP contribution in [-0.4, -0.2) is 37.0 Å². The van der Waals surface area contributed by atoms with Gasteiger partial charge in [0.25, 0.3) is 11.5 Å². The summed E-state index contributed by atoms with van der Waals surface area (Å²) in [6.07, 6.45) is 0.961. The van der Waals surface area contributed by atoms with Gasteiger partial charge >= 0.3 is 6.09 Å². The lowest BCUT2D eigenvalue weighted by molar-refractivity contribution is 0.0241. The molecule has 0 unspecified atom stereocenters. The molecule has 0 saturated carbocycles. The van der Waals surface area contributed by atoms with Crippen LogP contribution < -0.4 is 16.2 Å². The van der Waals surface area contributed by atoms with E-state index in [2.05, 4.69) is 20.6 Å². The van der Waals surface area contributed by atoms with Crippen LogP contribution in [-0.2, 0) is 23.5 Å². The number of nitrogens with zero attached hydrogens (tertiary/aromatic N) is 4. The summed E-state index contributed by atoms with van der Waals surface area (Å²) < 4.78 is 6.92. The topological polar surface area (TPSA) is 118 Å². The van der Waals surface area contributed by atoms with Crippen LogP contribution in [0.15, 0.2) is 17.2 Å². The molecule has 2 amide bonds. The average Bonchev–Trinajstić information content (AvgIpc) is 3.17. The van der Waals surface area contributed by atoms with Gasteiger partial charge in [-0.05, 0) is 53.2 Å². The number of ether oxygens (including phenoxy) is 1. The first-order valence-electron chi connectivity index (χ1n) is 10.0. The van der Waals surface area contributed by atoms with Crippen LogP contribution in [0, 0.1) is 6.92 Å². The molecule has 4 heterocycles. The van der Waals surface area contributed by atoms with Gasteiger partial charge in [0, 0.05) is 5.56 Å². The van der Waals surface area contributed by atoms with E-state index in [1.807, 2.05) is 20.8 Å². The van der Waals surface area contributed by atoms with Gasteiger partial charge in [-0.15, -0.1) is 0 Å². The molecule has 0 atom stereocenters. The number of aryl methyl sites for hydroxylation is 1. The van der Waals surface area contributed by atoms with E-state index >= 15 is 0 Å². The number of anilines is 2. The molecule has 2 aromatic rings. The monoisotopic (exact) mass is 426 g/mol. The molecule has 0 saturated heterocycles. The molecule has 0 radical (unpaired) electrons. The fourth-order valence-electron chi connectivity index (χ4n) is 3.91. The molecule has 10 heteroatoms. The Kier molecular flexibility index (Phi) is 4.56. The van der Waals surface area contributed by atoms with Crippen molar-refractivity contribution < 1.29 is 14.3 Å². The number of carbonyl (C=O) groups excluding carboxylic acids is 2. The Hall–Kier alpha value is -3.43. The molecule has 2 aliphatic heterocycles. The van der Waals surface area contributed by atoms with Crippen LogP contribution in [0.2, 0.25) is 0 Å². The molecule has 4 rings (SSSR count). The van der Waals surface area contributed by atoms with E-state index in [4.69, 9.17) is 4.74 Å². The zero-order valence-electron chi connectivity index (χ0n) is 18.5. The molecule has 2 aromatic heterocycles. The lowest BCUT2D eigenvalue weighted by atomic mass is 10.1. The molecule has 0 bridgehead atoms. The van der Waals surface area contributed by atoms with Gasteiger partial charge in [0.1, 0.15) is 34.8 Å². The first kappa shape index (κ1) is 20.8. The summed E-state index contributed by atoms with van der Waals surface area (Å²) in [5.74, 6) is 0.172. The van der Waals surface area contributed by atoms with Crippen LogP contribution >= 0.6 is 0 Å². The van der Waals surface area contributed by atoms with E-state index in [0.717, 1.165) is 5.56 Å². The van der Waals surface area contributed by atoms with Crippen LogP contribution in [0.4, 0.5) is 16.3 Å². The van der Waals surface area contributed by atoms with Gasteiger partial charge in [-0.1, -0.05) is 0 Å². The smallest absolute Gasteiger partial charge is 0.410 e. The van der Waals surface area contributed by atoms with Gasteiger partial charge in [0.15, 0.2) is 0 Å². The molecule has 0 fully saturated rings. The van der Waals surface area contributed by atoms with Crippen molar-refractivity contribution in [3.8, 4) is 0 Å². The second kappa shape index (κ2) is 6.79. The second-order valence-electron chi connectivity index (χ2n) is 9.35. The average molecular weight is 426 g/mol. The third-order valence-electron chi connectivity index (χ3n) is 5.21. The largest absolute Gasteiger partial charge is 0.444 e. The number of nitrogens with one attached hydrogen (secondary N) is 2. The van der Waals surface area contributed by atoms with Crippen LogP contribution in [0.3, 0.4) is 0 Å². The van der Waals surface area contributed by atoms with E-state index in [1.54, 1.807) is 31.7 Å². The highest BCUT2D eigenvalue weighted by molar-refractivity contribution is 5.96. The minimum atomic E-state index is -0.840. The van der Waals surface area contributed by atoms with Crippen molar-refractivity contribution in [1.29, 1.82) is 0 Å². The lowest BCUT2D eigenvalue weighted by Gasteiger charge is -2.24. The molecule has 2 N–H and O–H groups in total. The normalized spacial score (nSPS) is 16.6. The van der Waals surface area contributed by atoms with Crippen LogP contribution in [0.5, 0.6) is 0 Å². The van der Waals surface area contributed by atoms with Gasteiger partial charge in [-0.3, -0.25) is 19.1 Å². The lowest BCUT2D eigenvalue weighted by Crippen LogP contribution is -2.42. The van der Waals surface area contributed by atoms with E-state index in [1.165, 1.54) is 10.9 Å². The first-order chi connectivity index (χ1) is 14.4. The Morgan fingerprint density at radius 2 is 1.94 bits per heavy atom. The highest BCUT2D eigenvalue weighted by Gasteiger charge is 2.38. The molecular weight excluding hydrogens is 400 g/mol. The first-order valence-corrected chi connectivity index (χ1v) is 10.0. The fraction of sp³-hybridized carbons (Fsp3) is 0.476. The van der Waals surface area contributed by atoms with E-state index in [9.17, 15) is 14.4 Å². The molecule has 0 aliphatic carbocycles. The summed E-state index contributed by atoms with van der Waals surface area (Å²) in [6, 6.07) is 1.64. The standard InChI is InChI=1S/C21H26N6O4/c1-11-7-13(18(29)27-15(11)17(28)25-21(27,5)6)24-16-12-8-26(9-14(12)22-10-23-16)19(30)31-20(2,3)4/h7,10H,8-9H2,1-6H3,(H,25,28)(H,22,23,24). The maximum Gasteiger partial charge on any atom is 0.410 e. The minimum absolute atomic E-state index is 0.268.